The Morgan fingerprint density at radius 2 is 1.97 bits per heavy atom. The molecule has 1 amide bonds. The molecular formula is C26H26N6O6S. The number of primary amides is 1. The van der Waals surface area contributed by atoms with E-state index in [0.29, 0.717) is 11.0 Å². The zero-order chi connectivity index (χ0) is 27.7. The van der Waals surface area contributed by atoms with Crippen LogP contribution in [-0.2, 0) is 9.84 Å². The number of hydrogen-bond donors (Lipinski definition) is 3. The summed E-state index contributed by atoms with van der Waals surface area (Å²) in [6.45, 7) is 1.70. The fraction of sp³-hybridized carbons (Fsp3) is 0.231. The SMILES string of the molecule is CN1CCC(Nc2ccc(S(=O)(=O)c3cccc(C(N)=O)c3Oc3cnc4[nH]ccc4c3)cc2[N+](=O)[O-])CC1. The minimum atomic E-state index is -4.39. The maximum atomic E-state index is 13.8. The van der Waals surface area contributed by atoms with E-state index in [4.69, 9.17) is 10.5 Å². The van der Waals surface area contributed by atoms with Crippen LogP contribution in [0.3, 0.4) is 0 Å². The topological polar surface area (TPSA) is 174 Å². The maximum absolute atomic E-state index is 13.8. The highest BCUT2D eigenvalue weighted by atomic mass is 32.2. The summed E-state index contributed by atoms with van der Waals surface area (Å²) in [4.78, 5) is 32.2. The van der Waals surface area contributed by atoms with E-state index in [2.05, 4.69) is 20.2 Å². The Morgan fingerprint density at radius 3 is 2.69 bits per heavy atom. The molecule has 0 atom stereocenters. The lowest BCUT2D eigenvalue weighted by atomic mass is 10.1. The Hall–Kier alpha value is -4.49. The molecule has 0 aliphatic carbocycles. The predicted octanol–water partition coefficient (Wildman–Crippen LogP) is 3.70. The van der Waals surface area contributed by atoms with E-state index in [1.807, 2.05) is 7.05 Å². The number of nitro benzene ring substituents is 1. The molecule has 4 aromatic rings. The number of amides is 1. The number of likely N-dealkylation sites (tertiary alicyclic amines) is 1. The lowest BCUT2D eigenvalue weighted by molar-refractivity contribution is -0.384. The zero-order valence-electron chi connectivity index (χ0n) is 21.0. The van der Waals surface area contributed by atoms with Gasteiger partial charge in [-0.25, -0.2) is 13.4 Å². The zero-order valence-corrected chi connectivity index (χ0v) is 21.8. The third-order valence-electron chi connectivity index (χ3n) is 6.68. The molecule has 0 radical (unpaired) electrons. The second-order valence-electron chi connectivity index (χ2n) is 9.35. The lowest BCUT2D eigenvalue weighted by Crippen LogP contribution is -2.36. The molecule has 0 spiro atoms. The molecular weight excluding hydrogens is 524 g/mol. The van der Waals surface area contributed by atoms with E-state index in [0.717, 1.165) is 32.0 Å². The number of benzene rings is 2. The van der Waals surface area contributed by atoms with Crippen molar-refractivity contribution in [3.8, 4) is 11.5 Å². The number of carbonyl (C=O) groups excluding carboxylic acids is 1. The van der Waals surface area contributed by atoms with Crippen molar-refractivity contribution in [2.45, 2.75) is 28.7 Å². The van der Waals surface area contributed by atoms with Crippen LogP contribution in [0.2, 0.25) is 0 Å². The first-order valence-corrected chi connectivity index (χ1v) is 13.6. The molecule has 1 aliphatic heterocycles. The number of carbonyl (C=O) groups is 1. The first-order valence-electron chi connectivity index (χ1n) is 12.2. The lowest BCUT2D eigenvalue weighted by Gasteiger charge is -2.30. The van der Waals surface area contributed by atoms with Crippen molar-refractivity contribution in [2.75, 3.05) is 25.5 Å². The number of hydrogen-bond acceptors (Lipinski definition) is 9. The van der Waals surface area contributed by atoms with Crippen LogP contribution in [0.15, 0.2) is 70.7 Å². The van der Waals surface area contributed by atoms with Crippen molar-refractivity contribution in [1.29, 1.82) is 0 Å². The van der Waals surface area contributed by atoms with Crippen LogP contribution in [0, 0.1) is 10.1 Å². The van der Waals surface area contributed by atoms with Gasteiger partial charge in [-0.3, -0.25) is 14.9 Å². The molecule has 2 aromatic carbocycles. The quantitative estimate of drug-likeness (QED) is 0.218. The number of para-hydroxylation sites is 1. The number of rotatable bonds is 8. The van der Waals surface area contributed by atoms with Crippen LogP contribution < -0.4 is 15.8 Å². The van der Waals surface area contributed by atoms with Crippen molar-refractivity contribution in [3.05, 3.63) is 76.6 Å². The second kappa shape index (κ2) is 10.3. The molecule has 202 valence electrons. The van der Waals surface area contributed by atoms with Gasteiger partial charge in [0.05, 0.1) is 21.6 Å². The van der Waals surface area contributed by atoms with Crippen molar-refractivity contribution < 1.29 is 22.9 Å². The number of nitrogens with zero attached hydrogens (tertiary/aromatic N) is 3. The maximum Gasteiger partial charge on any atom is 0.293 e. The van der Waals surface area contributed by atoms with Gasteiger partial charge in [-0.15, -0.1) is 0 Å². The number of piperidine rings is 1. The van der Waals surface area contributed by atoms with Crippen LogP contribution in [0.1, 0.15) is 23.2 Å². The minimum absolute atomic E-state index is 0.0283. The molecule has 5 rings (SSSR count). The third-order valence-corrected chi connectivity index (χ3v) is 8.46. The highest BCUT2D eigenvalue weighted by Crippen LogP contribution is 2.38. The smallest absolute Gasteiger partial charge is 0.293 e. The molecule has 1 aliphatic rings. The van der Waals surface area contributed by atoms with Crippen LogP contribution in [0.25, 0.3) is 11.0 Å². The number of pyridine rings is 1. The molecule has 0 unspecified atom stereocenters. The van der Waals surface area contributed by atoms with E-state index in [1.165, 1.54) is 36.5 Å². The minimum Gasteiger partial charge on any atom is -0.453 e. The van der Waals surface area contributed by atoms with Gasteiger partial charge in [0.15, 0.2) is 5.75 Å². The molecule has 1 saturated heterocycles. The van der Waals surface area contributed by atoms with Crippen molar-refractivity contribution in [2.24, 2.45) is 5.73 Å². The van der Waals surface area contributed by atoms with Gasteiger partial charge in [-0.2, -0.15) is 0 Å². The van der Waals surface area contributed by atoms with Gasteiger partial charge in [-0.05, 0) is 69.4 Å². The number of anilines is 1. The molecule has 0 bridgehead atoms. The second-order valence-corrected chi connectivity index (χ2v) is 11.3. The van der Waals surface area contributed by atoms with Crippen LogP contribution in [0.5, 0.6) is 11.5 Å². The summed E-state index contributed by atoms with van der Waals surface area (Å²) in [5.41, 5.74) is 5.84. The average Bonchev–Trinajstić information content (AvgIpc) is 3.38. The third kappa shape index (κ3) is 5.26. The van der Waals surface area contributed by atoms with Gasteiger partial charge >= 0.3 is 0 Å². The molecule has 3 heterocycles. The number of sulfone groups is 1. The molecule has 39 heavy (non-hydrogen) atoms. The number of nitrogens with one attached hydrogen (secondary N) is 2. The van der Waals surface area contributed by atoms with Gasteiger partial charge < -0.3 is 25.7 Å². The Morgan fingerprint density at radius 1 is 1.21 bits per heavy atom. The van der Waals surface area contributed by atoms with Crippen LogP contribution in [0.4, 0.5) is 11.4 Å². The monoisotopic (exact) mass is 550 g/mol. The summed E-state index contributed by atoms with van der Waals surface area (Å²) >= 11 is 0. The van der Waals surface area contributed by atoms with E-state index in [1.54, 1.807) is 18.3 Å². The first kappa shape index (κ1) is 26.1. The fourth-order valence-corrected chi connectivity index (χ4v) is 5.99. The molecule has 4 N–H and O–H groups in total. The summed E-state index contributed by atoms with van der Waals surface area (Å²) in [5, 5.41) is 15.8. The number of aromatic nitrogens is 2. The normalized spacial score (nSPS) is 14.8. The fourth-order valence-electron chi connectivity index (χ4n) is 4.57. The summed E-state index contributed by atoms with van der Waals surface area (Å²) in [6.07, 6.45) is 4.67. The molecule has 1 fully saturated rings. The largest absolute Gasteiger partial charge is 0.453 e. The molecule has 13 heteroatoms. The predicted molar refractivity (Wildman–Crippen MR) is 144 cm³/mol. The Kier molecular flexibility index (Phi) is 6.93. The number of ether oxygens (including phenoxy) is 1. The van der Waals surface area contributed by atoms with Crippen LogP contribution in [-0.4, -0.2) is 60.3 Å². The van der Waals surface area contributed by atoms with E-state index in [9.17, 15) is 23.3 Å². The van der Waals surface area contributed by atoms with Crippen molar-refractivity contribution in [3.63, 3.8) is 0 Å². The first-order chi connectivity index (χ1) is 18.6. The van der Waals surface area contributed by atoms with E-state index in [-0.39, 0.29) is 44.3 Å². The van der Waals surface area contributed by atoms with Crippen molar-refractivity contribution >= 4 is 38.2 Å². The summed E-state index contributed by atoms with van der Waals surface area (Å²) in [7, 11) is -2.38. The average molecular weight is 551 g/mol. The van der Waals surface area contributed by atoms with Gasteiger partial charge in [-0.1, -0.05) is 6.07 Å². The summed E-state index contributed by atoms with van der Waals surface area (Å²) in [5.74, 6) is -1.02. The van der Waals surface area contributed by atoms with Gasteiger partial charge in [0.2, 0.25) is 9.84 Å². The number of nitrogens with two attached hydrogens (primary N) is 1. The Labute approximate surface area is 223 Å². The molecule has 0 saturated carbocycles. The van der Waals surface area contributed by atoms with Gasteiger partial charge in [0.25, 0.3) is 11.6 Å². The molecule has 12 nitrogen and oxygen atoms in total. The van der Waals surface area contributed by atoms with Crippen molar-refractivity contribution in [1.82, 2.24) is 14.9 Å². The highest BCUT2D eigenvalue weighted by molar-refractivity contribution is 7.91. The van der Waals surface area contributed by atoms with E-state index < -0.39 is 20.7 Å². The number of aromatic amines is 1. The Balaban J connectivity index is 1.54. The Bertz CT molecular complexity index is 1680. The summed E-state index contributed by atoms with van der Waals surface area (Å²) in [6, 6.07) is 11.1. The van der Waals surface area contributed by atoms with Gasteiger partial charge in [0.1, 0.15) is 22.0 Å². The molecule has 2 aromatic heterocycles. The highest BCUT2D eigenvalue weighted by Gasteiger charge is 2.30. The van der Waals surface area contributed by atoms with E-state index >= 15 is 0 Å². The summed E-state index contributed by atoms with van der Waals surface area (Å²) < 4.78 is 33.5. The van der Waals surface area contributed by atoms with Crippen LogP contribution >= 0.6 is 0 Å². The number of fused-ring (bicyclic) bond motifs is 1. The standard InChI is InChI=1S/C26H26N6O6S/c1-31-11-8-17(9-12-31)30-21-6-5-19(14-22(21)32(34)35)39(36,37)23-4-2-3-20(25(27)33)24(23)38-18-13-16-7-10-28-26(16)29-15-18/h2-7,10,13-15,17,30H,8-9,11-12H2,1H3,(H2,27,33)(H,28,29). The number of nitro groups is 1. The van der Waals surface area contributed by atoms with Gasteiger partial charge in [0, 0.05) is 23.7 Å². The number of H-pyrrole nitrogens is 1.